The van der Waals surface area contributed by atoms with Crippen molar-refractivity contribution in [1.82, 2.24) is 9.62 Å². The number of fused-ring (bicyclic) bond motifs is 1. The van der Waals surface area contributed by atoms with Crippen LogP contribution in [0.15, 0.2) is 29.2 Å². The third kappa shape index (κ3) is 4.96. The number of amides is 1. The number of hydrogen-bond acceptors (Lipinski definition) is 7. The van der Waals surface area contributed by atoms with Gasteiger partial charge in [0.05, 0.1) is 17.1 Å². The molecule has 36 heavy (non-hydrogen) atoms. The summed E-state index contributed by atoms with van der Waals surface area (Å²) in [6.07, 6.45) is 1.60. The van der Waals surface area contributed by atoms with E-state index < -0.39 is 33.5 Å². The van der Waals surface area contributed by atoms with E-state index in [1.807, 2.05) is 6.92 Å². The summed E-state index contributed by atoms with van der Waals surface area (Å²) in [5.74, 6) is -0.910. The zero-order valence-corrected chi connectivity index (χ0v) is 23.4. The van der Waals surface area contributed by atoms with Gasteiger partial charge in [-0.3, -0.25) is 4.79 Å². The second-order valence-electron chi connectivity index (χ2n) is 10.7. The zero-order valence-electron chi connectivity index (χ0n) is 21.7. The molecule has 0 radical (unpaired) electrons. The molecule has 1 saturated heterocycles. The van der Waals surface area contributed by atoms with E-state index in [0.29, 0.717) is 29.8 Å². The number of nitrogens with zero attached hydrogens (tertiary/aromatic N) is 1. The van der Waals surface area contributed by atoms with Crippen LogP contribution in [0.2, 0.25) is 0 Å². The Kier molecular flexibility index (Phi) is 7.11. The number of aryl methyl sites for hydroxylation is 1. The molecular formula is C26H35N3O5S2. The van der Waals surface area contributed by atoms with Gasteiger partial charge in [0.2, 0.25) is 15.9 Å². The molecule has 1 amide bonds. The largest absolute Gasteiger partial charge is 0.462 e. The van der Waals surface area contributed by atoms with E-state index in [-0.39, 0.29) is 23.6 Å². The Balaban J connectivity index is 1.68. The summed E-state index contributed by atoms with van der Waals surface area (Å²) in [6, 6.07) is 5.78. The second-order valence-corrected chi connectivity index (χ2v) is 13.6. The predicted octanol–water partition coefficient (Wildman–Crippen LogP) is 4.18. The minimum Gasteiger partial charge on any atom is -0.462 e. The van der Waals surface area contributed by atoms with Gasteiger partial charge in [0.25, 0.3) is 0 Å². The van der Waals surface area contributed by atoms with Gasteiger partial charge in [-0.05, 0) is 78.5 Å². The molecule has 1 fully saturated rings. The van der Waals surface area contributed by atoms with Gasteiger partial charge in [0.1, 0.15) is 11.0 Å². The Hall–Kier alpha value is -2.27. The van der Waals surface area contributed by atoms with E-state index in [1.165, 1.54) is 15.6 Å². The molecule has 2 N–H and O–H groups in total. The Labute approximate surface area is 217 Å². The van der Waals surface area contributed by atoms with Crippen LogP contribution in [-0.2, 0) is 31.5 Å². The Morgan fingerprint density at radius 1 is 1.19 bits per heavy atom. The molecule has 2 aliphatic rings. The first kappa shape index (κ1) is 26.8. The predicted molar refractivity (Wildman–Crippen MR) is 141 cm³/mol. The number of hydrogen-bond donors (Lipinski definition) is 2. The number of nitrogens with one attached hydrogen (secondary N) is 2. The zero-order chi connectivity index (χ0) is 26.5. The van der Waals surface area contributed by atoms with Gasteiger partial charge in [-0.25, -0.2) is 13.2 Å². The van der Waals surface area contributed by atoms with Crippen molar-refractivity contribution >= 4 is 38.2 Å². The fourth-order valence-electron chi connectivity index (χ4n) is 5.37. The highest BCUT2D eigenvalue weighted by Crippen LogP contribution is 2.45. The number of esters is 1. The minimum absolute atomic E-state index is 0.168. The third-order valence-electron chi connectivity index (χ3n) is 6.69. The van der Waals surface area contributed by atoms with Crippen LogP contribution < -0.4 is 10.6 Å². The quantitative estimate of drug-likeness (QED) is 0.540. The van der Waals surface area contributed by atoms with Gasteiger partial charge in [0.15, 0.2) is 0 Å². The van der Waals surface area contributed by atoms with Crippen LogP contribution in [-0.4, -0.2) is 49.3 Å². The lowest BCUT2D eigenvalue weighted by molar-refractivity contribution is -0.119. The fraction of sp³-hybridized carbons (Fsp3) is 0.538. The van der Waals surface area contributed by atoms with Crippen LogP contribution in [0.4, 0.5) is 5.00 Å². The van der Waals surface area contributed by atoms with Crippen molar-refractivity contribution < 1.29 is 22.7 Å². The van der Waals surface area contributed by atoms with E-state index in [1.54, 1.807) is 31.2 Å². The van der Waals surface area contributed by atoms with Crippen molar-refractivity contribution in [1.29, 1.82) is 0 Å². The summed E-state index contributed by atoms with van der Waals surface area (Å²) >= 11 is 1.35. The number of anilines is 1. The van der Waals surface area contributed by atoms with Crippen molar-refractivity contribution in [3.63, 3.8) is 0 Å². The molecule has 10 heteroatoms. The molecule has 8 nitrogen and oxygen atoms in total. The summed E-state index contributed by atoms with van der Waals surface area (Å²) in [5, 5.41) is 6.95. The lowest BCUT2D eigenvalue weighted by Gasteiger charge is -2.42. The smallest absolute Gasteiger partial charge is 0.341 e. The molecule has 0 spiro atoms. The normalized spacial score (nSPS) is 21.1. The van der Waals surface area contributed by atoms with Gasteiger partial charge >= 0.3 is 5.97 Å². The lowest BCUT2D eigenvalue weighted by atomic mass is 9.81. The highest BCUT2D eigenvalue weighted by Gasteiger charge is 2.44. The van der Waals surface area contributed by atoms with Gasteiger partial charge in [-0.2, -0.15) is 4.31 Å². The van der Waals surface area contributed by atoms with Crippen LogP contribution in [0.25, 0.3) is 0 Å². The molecule has 4 rings (SSSR count). The Bertz CT molecular complexity index is 1280. The number of carbonyl (C=O) groups excluding carboxylic acids is 2. The number of ether oxygens (including phenoxy) is 1. The summed E-state index contributed by atoms with van der Waals surface area (Å²) in [5.41, 5.74) is 1.53. The van der Waals surface area contributed by atoms with E-state index in [9.17, 15) is 18.0 Å². The molecule has 0 aliphatic carbocycles. The fourth-order valence-corrected chi connectivity index (χ4v) is 8.29. The van der Waals surface area contributed by atoms with Gasteiger partial charge in [0, 0.05) is 22.5 Å². The first-order valence-electron chi connectivity index (χ1n) is 12.3. The van der Waals surface area contributed by atoms with E-state index >= 15 is 0 Å². The highest BCUT2D eigenvalue weighted by atomic mass is 32.2. The number of thiophene rings is 1. The number of rotatable bonds is 6. The first-order valence-corrected chi connectivity index (χ1v) is 14.5. The van der Waals surface area contributed by atoms with Crippen molar-refractivity contribution in [3.05, 3.63) is 45.8 Å². The summed E-state index contributed by atoms with van der Waals surface area (Å²) in [6.45, 7) is 12.4. The molecule has 2 aromatic rings. The van der Waals surface area contributed by atoms with Crippen molar-refractivity contribution in [3.8, 4) is 0 Å². The maximum Gasteiger partial charge on any atom is 0.341 e. The van der Waals surface area contributed by atoms with Crippen LogP contribution in [0, 0.1) is 6.92 Å². The number of sulfonamides is 1. The molecule has 1 aromatic heterocycles. The molecular weight excluding hydrogens is 498 g/mol. The number of benzene rings is 1. The third-order valence-corrected chi connectivity index (χ3v) is 10.1. The molecule has 0 saturated carbocycles. The Morgan fingerprint density at radius 3 is 2.50 bits per heavy atom. The second kappa shape index (κ2) is 9.55. The van der Waals surface area contributed by atoms with Crippen LogP contribution >= 0.6 is 11.3 Å². The van der Waals surface area contributed by atoms with Crippen LogP contribution in [0.5, 0.6) is 0 Å². The Morgan fingerprint density at radius 2 is 1.86 bits per heavy atom. The van der Waals surface area contributed by atoms with Crippen molar-refractivity contribution in [2.24, 2.45) is 0 Å². The van der Waals surface area contributed by atoms with Crippen molar-refractivity contribution in [2.45, 2.75) is 82.8 Å². The summed E-state index contributed by atoms with van der Waals surface area (Å²) in [4.78, 5) is 27.7. The van der Waals surface area contributed by atoms with Gasteiger partial charge in [-0.15, -0.1) is 11.3 Å². The topological polar surface area (TPSA) is 105 Å². The molecule has 1 aromatic carbocycles. The monoisotopic (exact) mass is 533 g/mol. The summed E-state index contributed by atoms with van der Waals surface area (Å²) in [7, 11) is -3.84. The van der Waals surface area contributed by atoms with E-state index in [4.69, 9.17) is 4.74 Å². The molecule has 2 aliphatic heterocycles. The molecule has 0 bridgehead atoms. The highest BCUT2D eigenvalue weighted by molar-refractivity contribution is 7.89. The first-order chi connectivity index (χ1) is 16.8. The molecule has 1 atom stereocenters. The maximum atomic E-state index is 13.5. The molecule has 196 valence electrons. The SMILES string of the molecule is CCOC(=O)c1c(NC(=O)C2CCCN2S(=O)(=O)c2ccc(C)cc2)sc2c1CC(C)(C)NC2(C)C. The van der Waals surface area contributed by atoms with Crippen molar-refractivity contribution in [2.75, 3.05) is 18.5 Å². The van der Waals surface area contributed by atoms with Gasteiger partial charge < -0.3 is 15.4 Å². The molecule has 3 heterocycles. The average molecular weight is 534 g/mol. The van der Waals surface area contributed by atoms with Crippen LogP contribution in [0.1, 0.15) is 73.8 Å². The summed E-state index contributed by atoms with van der Waals surface area (Å²) < 4.78 is 33.4. The lowest BCUT2D eigenvalue weighted by Crippen LogP contribution is -2.55. The standard InChI is InChI=1S/C26H35N3O5S2/c1-7-34-24(31)20-18-15-25(3,4)28-26(5,6)21(18)35-23(20)27-22(30)19-9-8-14-29(19)36(32,33)17-12-10-16(2)11-13-17/h10-13,19,28H,7-9,14-15H2,1-6H3,(H,27,30). The van der Waals surface area contributed by atoms with E-state index in [2.05, 4.69) is 38.3 Å². The number of carbonyl (C=O) groups is 2. The van der Waals surface area contributed by atoms with E-state index in [0.717, 1.165) is 16.0 Å². The van der Waals surface area contributed by atoms with Gasteiger partial charge in [-0.1, -0.05) is 17.7 Å². The molecule has 1 unspecified atom stereocenters. The average Bonchev–Trinajstić information content (AvgIpc) is 3.39. The minimum atomic E-state index is -3.84. The van der Waals surface area contributed by atoms with Crippen LogP contribution in [0.3, 0.4) is 0 Å². The maximum absolute atomic E-state index is 13.5.